The van der Waals surface area contributed by atoms with Gasteiger partial charge in [-0.15, -0.1) is 11.3 Å². The van der Waals surface area contributed by atoms with E-state index >= 15 is 0 Å². The van der Waals surface area contributed by atoms with E-state index in [-0.39, 0.29) is 5.91 Å². The van der Waals surface area contributed by atoms with E-state index in [9.17, 15) is 4.79 Å². The van der Waals surface area contributed by atoms with E-state index in [1.165, 1.54) is 0 Å². The van der Waals surface area contributed by atoms with Gasteiger partial charge in [0.15, 0.2) is 0 Å². The third-order valence-corrected chi connectivity index (χ3v) is 4.53. The molecule has 3 aromatic heterocycles. The fraction of sp³-hybridized carbons (Fsp3) is 0. The van der Waals surface area contributed by atoms with Crippen LogP contribution in [0, 0.1) is 0 Å². The minimum absolute atomic E-state index is 0.190. The Bertz CT molecular complexity index is 998. The molecule has 0 saturated heterocycles. The molecule has 1 amide bonds. The van der Waals surface area contributed by atoms with Gasteiger partial charge in [0.05, 0.1) is 21.7 Å². The number of fused-ring (bicyclic) bond motifs is 1. The number of pyridine rings is 2. The molecule has 24 heavy (non-hydrogen) atoms. The summed E-state index contributed by atoms with van der Waals surface area (Å²) in [7, 11) is 0. The van der Waals surface area contributed by atoms with Crippen LogP contribution in [0.15, 0.2) is 72.2 Å². The van der Waals surface area contributed by atoms with Gasteiger partial charge in [-0.25, -0.2) is 9.97 Å². The molecule has 0 aliphatic rings. The number of carbonyl (C=O) groups is 1. The molecule has 0 fully saturated rings. The van der Waals surface area contributed by atoms with E-state index in [1.54, 1.807) is 23.6 Å². The monoisotopic (exact) mass is 331 g/mol. The predicted octanol–water partition coefficient (Wildman–Crippen LogP) is 4.61. The number of carbonyl (C=O) groups excluding carboxylic acids is 1. The molecule has 0 aliphatic carbocycles. The topological polar surface area (TPSA) is 54.9 Å². The van der Waals surface area contributed by atoms with E-state index in [2.05, 4.69) is 15.3 Å². The first kappa shape index (κ1) is 14.5. The second-order valence-electron chi connectivity index (χ2n) is 5.22. The van der Waals surface area contributed by atoms with Gasteiger partial charge in [0.2, 0.25) is 0 Å². The van der Waals surface area contributed by atoms with Crippen LogP contribution in [0.3, 0.4) is 0 Å². The number of hydrogen-bond acceptors (Lipinski definition) is 4. The van der Waals surface area contributed by atoms with Crippen LogP contribution in [0.4, 0.5) is 5.82 Å². The van der Waals surface area contributed by atoms with Crippen LogP contribution in [0.25, 0.3) is 21.5 Å². The summed E-state index contributed by atoms with van der Waals surface area (Å²) in [5.41, 5.74) is 2.19. The van der Waals surface area contributed by atoms with Gasteiger partial charge in [-0.2, -0.15) is 0 Å². The molecular formula is C19H13N3OS. The predicted molar refractivity (Wildman–Crippen MR) is 97.2 cm³/mol. The minimum atomic E-state index is -0.190. The summed E-state index contributed by atoms with van der Waals surface area (Å²) >= 11 is 1.60. The Hall–Kier alpha value is -3.05. The van der Waals surface area contributed by atoms with Crippen LogP contribution in [0.5, 0.6) is 0 Å². The zero-order valence-corrected chi connectivity index (χ0v) is 13.5. The highest BCUT2D eigenvalue weighted by molar-refractivity contribution is 7.13. The highest BCUT2D eigenvalue weighted by atomic mass is 32.1. The normalized spacial score (nSPS) is 10.7. The summed E-state index contributed by atoms with van der Waals surface area (Å²) in [4.78, 5) is 22.6. The van der Waals surface area contributed by atoms with Crippen LogP contribution in [0.1, 0.15) is 10.4 Å². The van der Waals surface area contributed by atoms with Crippen LogP contribution in [-0.4, -0.2) is 15.9 Å². The highest BCUT2D eigenvalue weighted by Crippen LogP contribution is 2.28. The Morgan fingerprint density at radius 3 is 2.67 bits per heavy atom. The van der Waals surface area contributed by atoms with Gasteiger partial charge in [-0.1, -0.05) is 30.3 Å². The molecule has 0 aliphatic heterocycles. The van der Waals surface area contributed by atoms with Gasteiger partial charge < -0.3 is 5.32 Å². The minimum Gasteiger partial charge on any atom is -0.307 e. The van der Waals surface area contributed by atoms with Crippen molar-refractivity contribution in [3.8, 4) is 10.6 Å². The highest BCUT2D eigenvalue weighted by Gasteiger charge is 2.14. The summed E-state index contributed by atoms with van der Waals surface area (Å²) in [5.74, 6) is 0.339. The molecule has 116 valence electrons. The second kappa shape index (κ2) is 6.22. The number of benzene rings is 1. The van der Waals surface area contributed by atoms with Gasteiger partial charge in [0, 0.05) is 11.6 Å². The molecule has 1 aromatic carbocycles. The lowest BCUT2D eigenvalue weighted by Gasteiger charge is -2.09. The summed E-state index contributed by atoms with van der Waals surface area (Å²) in [6.45, 7) is 0. The molecule has 0 bridgehead atoms. The molecule has 0 saturated carbocycles. The van der Waals surface area contributed by atoms with Crippen molar-refractivity contribution in [1.29, 1.82) is 0 Å². The number of rotatable bonds is 3. The van der Waals surface area contributed by atoms with Crippen LogP contribution < -0.4 is 5.32 Å². The Morgan fingerprint density at radius 2 is 1.88 bits per heavy atom. The number of nitrogens with zero attached hydrogens (tertiary/aromatic N) is 2. The number of amides is 1. The van der Waals surface area contributed by atoms with Gasteiger partial charge >= 0.3 is 0 Å². The Balaban J connectivity index is 1.82. The van der Waals surface area contributed by atoms with E-state index < -0.39 is 0 Å². The zero-order chi connectivity index (χ0) is 16.4. The fourth-order valence-electron chi connectivity index (χ4n) is 2.53. The van der Waals surface area contributed by atoms with Crippen molar-refractivity contribution in [3.63, 3.8) is 0 Å². The standard InChI is InChI=1S/C19H13N3OS/c23-19(22-18-9-3-4-10-20-18)14-12-16(17-8-5-11-24-17)21-15-7-2-1-6-13(14)15/h1-12H,(H,20,22,23). The Kier molecular flexibility index (Phi) is 3.76. The van der Waals surface area contributed by atoms with Crippen molar-refractivity contribution in [2.45, 2.75) is 0 Å². The average Bonchev–Trinajstić information content (AvgIpc) is 3.16. The first-order chi connectivity index (χ1) is 11.8. The molecule has 4 aromatic rings. The molecular weight excluding hydrogens is 318 g/mol. The third-order valence-electron chi connectivity index (χ3n) is 3.64. The molecule has 5 heteroatoms. The molecule has 0 unspecified atom stereocenters. The first-order valence-electron chi connectivity index (χ1n) is 7.47. The summed E-state index contributed by atoms with van der Waals surface area (Å²) < 4.78 is 0. The lowest BCUT2D eigenvalue weighted by Crippen LogP contribution is -2.13. The maximum Gasteiger partial charge on any atom is 0.257 e. The molecule has 4 rings (SSSR count). The van der Waals surface area contributed by atoms with Gasteiger partial charge in [-0.3, -0.25) is 4.79 Å². The van der Waals surface area contributed by atoms with Crippen molar-refractivity contribution in [1.82, 2.24) is 9.97 Å². The molecule has 0 spiro atoms. The van der Waals surface area contributed by atoms with Crippen LogP contribution in [0.2, 0.25) is 0 Å². The van der Waals surface area contributed by atoms with Crippen molar-refractivity contribution in [3.05, 3.63) is 77.8 Å². The van der Waals surface area contributed by atoms with Gasteiger partial charge in [0.1, 0.15) is 5.82 Å². The van der Waals surface area contributed by atoms with E-state index in [1.807, 2.05) is 60.0 Å². The second-order valence-corrected chi connectivity index (χ2v) is 6.17. The molecule has 4 nitrogen and oxygen atoms in total. The molecule has 3 heterocycles. The lowest BCUT2D eigenvalue weighted by atomic mass is 10.1. The van der Waals surface area contributed by atoms with Crippen molar-refractivity contribution in [2.24, 2.45) is 0 Å². The van der Waals surface area contributed by atoms with E-state index in [0.29, 0.717) is 11.4 Å². The number of anilines is 1. The maximum absolute atomic E-state index is 12.8. The Morgan fingerprint density at radius 1 is 1.00 bits per heavy atom. The number of aromatic nitrogens is 2. The summed E-state index contributed by atoms with van der Waals surface area (Å²) in [6, 6.07) is 18.9. The fourth-order valence-corrected chi connectivity index (χ4v) is 3.22. The summed E-state index contributed by atoms with van der Waals surface area (Å²) in [6.07, 6.45) is 1.65. The average molecular weight is 331 g/mol. The molecule has 0 radical (unpaired) electrons. The van der Waals surface area contributed by atoms with Gasteiger partial charge in [-0.05, 0) is 35.7 Å². The van der Waals surface area contributed by atoms with Crippen LogP contribution in [-0.2, 0) is 0 Å². The van der Waals surface area contributed by atoms with Crippen LogP contribution >= 0.6 is 11.3 Å². The first-order valence-corrected chi connectivity index (χ1v) is 8.35. The zero-order valence-electron chi connectivity index (χ0n) is 12.6. The largest absolute Gasteiger partial charge is 0.307 e. The summed E-state index contributed by atoms with van der Waals surface area (Å²) in [5, 5.41) is 5.67. The van der Waals surface area contributed by atoms with E-state index in [4.69, 9.17) is 0 Å². The number of thiophene rings is 1. The number of hydrogen-bond donors (Lipinski definition) is 1. The van der Waals surface area contributed by atoms with Crippen molar-refractivity contribution >= 4 is 34.0 Å². The maximum atomic E-state index is 12.8. The molecule has 0 atom stereocenters. The van der Waals surface area contributed by atoms with Crippen molar-refractivity contribution in [2.75, 3.05) is 5.32 Å². The number of nitrogens with one attached hydrogen (secondary N) is 1. The van der Waals surface area contributed by atoms with Gasteiger partial charge in [0.25, 0.3) is 5.91 Å². The third kappa shape index (κ3) is 2.77. The number of para-hydroxylation sites is 1. The van der Waals surface area contributed by atoms with E-state index in [0.717, 1.165) is 21.5 Å². The smallest absolute Gasteiger partial charge is 0.257 e. The SMILES string of the molecule is O=C(Nc1ccccn1)c1cc(-c2cccs2)nc2ccccc12. The van der Waals surface area contributed by atoms with Crippen molar-refractivity contribution < 1.29 is 4.79 Å². The quantitative estimate of drug-likeness (QED) is 0.596. The Labute approximate surface area is 142 Å². The molecule has 1 N–H and O–H groups in total. The lowest BCUT2D eigenvalue weighted by molar-refractivity contribution is 0.102.